The first-order chi connectivity index (χ1) is 28.7. The van der Waals surface area contributed by atoms with Gasteiger partial charge in [0.15, 0.2) is 0 Å². The molecule has 3 nitrogen and oxygen atoms in total. The first-order valence-corrected chi connectivity index (χ1v) is 22.8. The molecule has 2 aliphatic carbocycles. The fourth-order valence-corrected chi connectivity index (χ4v) is 13.7. The number of rotatable bonds is 2. The lowest BCUT2D eigenvalue weighted by atomic mass is 9.33. The Bertz CT molecular complexity index is 2830. The molecule has 1 saturated carbocycles. The van der Waals surface area contributed by atoms with Crippen LogP contribution in [0.15, 0.2) is 115 Å². The molecule has 0 radical (unpaired) electrons. The van der Waals surface area contributed by atoms with Crippen molar-refractivity contribution in [1.29, 1.82) is 0 Å². The van der Waals surface area contributed by atoms with Crippen LogP contribution in [0.5, 0.6) is 0 Å². The van der Waals surface area contributed by atoms with E-state index in [4.69, 9.17) is 0 Å². The van der Waals surface area contributed by atoms with E-state index in [1.807, 2.05) is 0 Å². The molecule has 0 saturated heterocycles. The molecule has 6 aliphatic rings. The monoisotopic (exact) mass is 783 g/mol. The molecule has 0 N–H and O–H groups in total. The lowest BCUT2D eigenvalue weighted by molar-refractivity contribution is 0.195. The molecular formula is C56H58BN3. The van der Waals surface area contributed by atoms with Gasteiger partial charge in [-0.3, -0.25) is 0 Å². The number of nitrogens with zero attached hydrogens (tertiary/aromatic N) is 3. The summed E-state index contributed by atoms with van der Waals surface area (Å²) < 4.78 is 0. The fraction of sp³-hybridized carbons (Fsp3) is 0.357. The second kappa shape index (κ2) is 11.8. The fourth-order valence-electron chi connectivity index (χ4n) is 13.7. The minimum absolute atomic E-state index is 0.0263. The highest BCUT2D eigenvalue weighted by Gasteiger charge is 2.64. The highest BCUT2D eigenvalue weighted by Crippen LogP contribution is 2.66. The van der Waals surface area contributed by atoms with Gasteiger partial charge in [0, 0.05) is 50.6 Å². The number of hydrogen-bond donors (Lipinski definition) is 0. The smallest absolute Gasteiger partial charge is 0.252 e. The number of para-hydroxylation sites is 1. The van der Waals surface area contributed by atoms with Crippen LogP contribution in [-0.4, -0.2) is 12.3 Å². The summed E-state index contributed by atoms with van der Waals surface area (Å²) in [6.07, 6.45) is 7.12. The molecular weight excluding hydrogens is 725 g/mol. The van der Waals surface area contributed by atoms with Crippen LogP contribution in [0.2, 0.25) is 0 Å². The topological polar surface area (TPSA) is 9.72 Å². The molecule has 4 heteroatoms. The zero-order chi connectivity index (χ0) is 41.3. The summed E-state index contributed by atoms with van der Waals surface area (Å²) >= 11 is 0. The van der Waals surface area contributed by atoms with E-state index in [2.05, 4.69) is 192 Å². The van der Waals surface area contributed by atoms with Crippen LogP contribution in [0.1, 0.15) is 120 Å². The van der Waals surface area contributed by atoms with Gasteiger partial charge in [-0.2, -0.15) is 0 Å². The summed E-state index contributed by atoms with van der Waals surface area (Å²) in [4.78, 5) is 8.34. The van der Waals surface area contributed by atoms with Crippen molar-refractivity contribution in [2.24, 2.45) is 0 Å². The average molecular weight is 784 g/mol. The predicted molar refractivity (Wildman–Crippen MR) is 255 cm³/mol. The van der Waals surface area contributed by atoms with Gasteiger partial charge < -0.3 is 14.7 Å². The summed E-state index contributed by atoms with van der Waals surface area (Å²) in [5.41, 5.74) is 23.4. The van der Waals surface area contributed by atoms with Crippen LogP contribution in [0.4, 0.5) is 39.8 Å². The van der Waals surface area contributed by atoms with Crippen molar-refractivity contribution in [1.82, 2.24) is 0 Å². The van der Waals surface area contributed by atoms with Crippen molar-refractivity contribution in [3.05, 3.63) is 154 Å². The Kier molecular flexibility index (Phi) is 7.19. The number of aryl methyl sites for hydroxylation is 3. The van der Waals surface area contributed by atoms with Gasteiger partial charge in [0.1, 0.15) is 0 Å². The Morgan fingerprint density at radius 2 is 1.27 bits per heavy atom. The normalized spacial score (nSPS) is 26.5. The Hall–Kier alpha value is -5.22. The van der Waals surface area contributed by atoms with Gasteiger partial charge >= 0.3 is 0 Å². The summed E-state index contributed by atoms with van der Waals surface area (Å²) in [6.45, 7) is 22.1. The zero-order valence-electron chi connectivity index (χ0n) is 37.1. The molecule has 0 aromatic heterocycles. The van der Waals surface area contributed by atoms with Crippen molar-refractivity contribution < 1.29 is 0 Å². The summed E-state index contributed by atoms with van der Waals surface area (Å²) in [5, 5.41) is 0. The van der Waals surface area contributed by atoms with Crippen LogP contribution < -0.4 is 31.1 Å². The van der Waals surface area contributed by atoms with Crippen LogP contribution in [0.3, 0.4) is 0 Å². The van der Waals surface area contributed by atoms with Crippen molar-refractivity contribution in [2.75, 3.05) is 14.7 Å². The molecule has 300 valence electrons. The lowest BCUT2D eigenvalue weighted by Crippen LogP contribution is -2.64. The van der Waals surface area contributed by atoms with Crippen molar-refractivity contribution in [2.45, 2.75) is 128 Å². The van der Waals surface area contributed by atoms with Gasteiger partial charge in [-0.25, -0.2) is 0 Å². The minimum Gasteiger partial charge on any atom is -0.334 e. The summed E-state index contributed by atoms with van der Waals surface area (Å²) in [5.74, 6) is 0. The first kappa shape index (κ1) is 36.6. The van der Waals surface area contributed by atoms with Crippen LogP contribution in [-0.2, 0) is 28.2 Å². The minimum atomic E-state index is -0.285. The van der Waals surface area contributed by atoms with Crippen molar-refractivity contribution in [3.8, 4) is 0 Å². The average Bonchev–Trinajstić information content (AvgIpc) is 3.58. The van der Waals surface area contributed by atoms with Gasteiger partial charge in [-0.1, -0.05) is 137 Å². The molecule has 12 rings (SSSR count). The maximum Gasteiger partial charge on any atom is 0.252 e. The van der Waals surface area contributed by atoms with E-state index >= 15 is 0 Å². The molecule has 4 heterocycles. The third-order valence-corrected chi connectivity index (χ3v) is 17.3. The summed E-state index contributed by atoms with van der Waals surface area (Å²) in [7, 11) is 0. The third kappa shape index (κ3) is 4.33. The molecule has 0 amide bonds. The second-order valence-electron chi connectivity index (χ2n) is 21.3. The maximum atomic E-state index is 2.88. The van der Waals surface area contributed by atoms with Gasteiger partial charge in [0.05, 0.1) is 11.1 Å². The molecule has 4 aliphatic heterocycles. The number of anilines is 7. The standard InChI is InChI=1S/C56H58BN3/c1-35-19-23-39(24-20-35)58-47-25-21-36(2)31-45(47)57-44-18-14-17-42-51(44)60(56(9)41-16-11-10-15-37(41)27-30-54(42,56)7)49-34-40(33-48(58)50(49)57)59-46-26-22-38(52(3,4)5)32-43(46)53(6)28-12-13-29-55(53,59)8/h10-11,14-26,31-34H,12-13,27-30H2,1-9H3. The Balaban J connectivity index is 1.21. The largest absolute Gasteiger partial charge is 0.334 e. The number of hydrogen-bond acceptors (Lipinski definition) is 3. The number of benzene rings is 6. The molecule has 0 bridgehead atoms. The summed E-state index contributed by atoms with van der Waals surface area (Å²) in [6, 6.07) is 46.0. The van der Waals surface area contributed by atoms with Crippen molar-refractivity contribution >= 4 is 62.9 Å². The molecule has 60 heavy (non-hydrogen) atoms. The molecule has 0 spiro atoms. The lowest BCUT2D eigenvalue weighted by Gasteiger charge is -2.54. The van der Waals surface area contributed by atoms with Gasteiger partial charge in [-0.05, 0) is 139 Å². The maximum absolute atomic E-state index is 2.88. The van der Waals surface area contributed by atoms with E-state index in [1.165, 1.54) is 121 Å². The molecule has 4 atom stereocenters. The first-order valence-electron chi connectivity index (χ1n) is 22.8. The van der Waals surface area contributed by atoms with Crippen LogP contribution >= 0.6 is 0 Å². The van der Waals surface area contributed by atoms with E-state index in [0.29, 0.717) is 0 Å². The Labute approximate surface area is 358 Å². The Morgan fingerprint density at radius 1 is 0.550 bits per heavy atom. The molecule has 4 unspecified atom stereocenters. The van der Waals surface area contributed by atoms with Crippen LogP contribution in [0, 0.1) is 13.8 Å². The van der Waals surface area contributed by atoms with E-state index in [9.17, 15) is 0 Å². The van der Waals surface area contributed by atoms with Gasteiger partial charge in [0.2, 0.25) is 0 Å². The SMILES string of the molecule is Cc1ccc(N2c3ccc(C)cc3B3c4cccc5c4N(c4cc(N6c7ccc(C(C)(C)C)cc7C7(C)CCCCC67C)cc2c43)C2(C)c3ccccc3CCC52C)cc1. The Morgan fingerprint density at radius 3 is 2.07 bits per heavy atom. The molecule has 1 fully saturated rings. The van der Waals surface area contributed by atoms with E-state index in [0.717, 1.165) is 12.8 Å². The van der Waals surface area contributed by atoms with Crippen LogP contribution in [0.25, 0.3) is 0 Å². The van der Waals surface area contributed by atoms with E-state index in [-0.39, 0.29) is 34.0 Å². The van der Waals surface area contributed by atoms with E-state index < -0.39 is 0 Å². The third-order valence-electron chi connectivity index (χ3n) is 17.3. The van der Waals surface area contributed by atoms with Crippen molar-refractivity contribution in [3.63, 3.8) is 0 Å². The highest BCUT2D eigenvalue weighted by molar-refractivity contribution is 7.00. The highest BCUT2D eigenvalue weighted by atomic mass is 15.3. The van der Waals surface area contributed by atoms with E-state index in [1.54, 1.807) is 0 Å². The van der Waals surface area contributed by atoms with Gasteiger partial charge in [0.25, 0.3) is 6.71 Å². The van der Waals surface area contributed by atoms with Gasteiger partial charge in [-0.15, -0.1) is 0 Å². The molecule has 6 aromatic rings. The zero-order valence-corrected chi connectivity index (χ0v) is 37.1. The second-order valence-corrected chi connectivity index (χ2v) is 21.3. The number of fused-ring (bicyclic) bond motifs is 12. The molecule has 6 aromatic carbocycles. The predicted octanol–water partition coefficient (Wildman–Crippen LogP) is 12.2. The quantitative estimate of drug-likeness (QED) is 0.162.